The smallest absolute Gasteiger partial charge is 0.227 e. The zero-order chi connectivity index (χ0) is 15.7. The van der Waals surface area contributed by atoms with Gasteiger partial charge >= 0.3 is 0 Å². The molecule has 1 unspecified atom stereocenters. The number of benzene rings is 1. The van der Waals surface area contributed by atoms with Gasteiger partial charge in [0.25, 0.3) is 0 Å². The standard InChI is InChI=1S/C16H26N2O3/c1-3-6-13(11-17)16(20)18(9-10-19)12-14-7-4-5-8-15(14)21-2/h4-5,7-8,13,19H,3,6,9-12,17H2,1-2H3. The average molecular weight is 294 g/mol. The van der Waals surface area contributed by atoms with Crippen molar-refractivity contribution in [2.24, 2.45) is 11.7 Å². The number of ether oxygens (including phenoxy) is 1. The van der Waals surface area contributed by atoms with Crippen molar-refractivity contribution >= 4 is 5.91 Å². The zero-order valence-electron chi connectivity index (χ0n) is 12.9. The number of aliphatic hydroxyl groups excluding tert-OH is 1. The summed E-state index contributed by atoms with van der Waals surface area (Å²) in [6.45, 7) is 3.03. The lowest BCUT2D eigenvalue weighted by molar-refractivity contribution is -0.136. The topological polar surface area (TPSA) is 75.8 Å². The van der Waals surface area contributed by atoms with Crippen molar-refractivity contribution in [3.8, 4) is 5.75 Å². The quantitative estimate of drug-likeness (QED) is 0.721. The first kappa shape index (κ1) is 17.5. The molecule has 5 heteroatoms. The SMILES string of the molecule is CCCC(CN)C(=O)N(CCO)Cc1ccccc1OC. The highest BCUT2D eigenvalue weighted by Crippen LogP contribution is 2.20. The minimum Gasteiger partial charge on any atom is -0.496 e. The summed E-state index contributed by atoms with van der Waals surface area (Å²) in [5, 5.41) is 9.22. The maximum absolute atomic E-state index is 12.6. The van der Waals surface area contributed by atoms with Gasteiger partial charge in [0.05, 0.1) is 19.6 Å². The van der Waals surface area contributed by atoms with Crippen LogP contribution in [0.5, 0.6) is 5.75 Å². The van der Waals surface area contributed by atoms with Crippen molar-refractivity contribution in [3.63, 3.8) is 0 Å². The Morgan fingerprint density at radius 1 is 1.43 bits per heavy atom. The van der Waals surface area contributed by atoms with Gasteiger partial charge in [-0.3, -0.25) is 4.79 Å². The van der Waals surface area contributed by atoms with Crippen LogP contribution in [0.1, 0.15) is 25.3 Å². The van der Waals surface area contributed by atoms with E-state index in [1.165, 1.54) is 0 Å². The molecule has 1 rings (SSSR count). The number of aliphatic hydroxyl groups is 1. The van der Waals surface area contributed by atoms with Gasteiger partial charge in [-0.05, 0) is 12.5 Å². The molecule has 0 aliphatic carbocycles. The van der Waals surface area contributed by atoms with E-state index in [0.29, 0.717) is 19.6 Å². The minimum absolute atomic E-state index is 0.000642. The van der Waals surface area contributed by atoms with Crippen LogP contribution in [0.2, 0.25) is 0 Å². The molecule has 0 aromatic heterocycles. The van der Waals surface area contributed by atoms with Crippen LogP contribution in [0.4, 0.5) is 0 Å². The summed E-state index contributed by atoms with van der Waals surface area (Å²) in [5.41, 5.74) is 6.63. The van der Waals surface area contributed by atoms with E-state index in [0.717, 1.165) is 24.2 Å². The maximum Gasteiger partial charge on any atom is 0.227 e. The summed E-state index contributed by atoms with van der Waals surface area (Å²) in [6, 6.07) is 7.59. The number of nitrogens with zero attached hydrogens (tertiary/aromatic N) is 1. The fourth-order valence-corrected chi connectivity index (χ4v) is 2.38. The second-order valence-corrected chi connectivity index (χ2v) is 5.02. The molecule has 1 amide bonds. The Bertz CT molecular complexity index is 437. The molecule has 0 saturated heterocycles. The number of carbonyl (C=O) groups excluding carboxylic acids is 1. The summed E-state index contributed by atoms with van der Waals surface area (Å²) in [7, 11) is 1.61. The predicted molar refractivity (Wildman–Crippen MR) is 82.9 cm³/mol. The molecule has 0 bridgehead atoms. The van der Waals surface area contributed by atoms with Crippen molar-refractivity contribution in [1.82, 2.24) is 4.90 Å². The number of amides is 1. The van der Waals surface area contributed by atoms with Crippen LogP contribution >= 0.6 is 0 Å². The second-order valence-electron chi connectivity index (χ2n) is 5.02. The first-order valence-corrected chi connectivity index (χ1v) is 7.39. The Kier molecular flexibility index (Phi) is 7.79. The van der Waals surface area contributed by atoms with Gasteiger partial charge in [0.1, 0.15) is 5.75 Å². The highest BCUT2D eigenvalue weighted by atomic mass is 16.5. The highest BCUT2D eigenvalue weighted by molar-refractivity contribution is 5.79. The van der Waals surface area contributed by atoms with E-state index in [1.54, 1.807) is 12.0 Å². The first-order chi connectivity index (χ1) is 10.2. The van der Waals surface area contributed by atoms with Gasteiger partial charge in [-0.25, -0.2) is 0 Å². The van der Waals surface area contributed by atoms with Crippen LogP contribution in [-0.2, 0) is 11.3 Å². The van der Waals surface area contributed by atoms with Crippen LogP contribution in [0, 0.1) is 5.92 Å². The summed E-state index contributed by atoms with van der Waals surface area (Å²) < 4.78 is 5.31. The molecular formula is C16H26N2O3. The molecule has 21 heavy (non-hydrogen) atoms. The largest absolute Gasteiger partial charge is 0.496 e. The molecule has 118 valence electrons. The van der Waals surface area contributed by atoms with Crippen LogP contribution < -0.4 is 10.5 Å². The van der Waals surface area contributed by atoms with Crippen LogP contribution in [0.3, 0.4) is 0 Å². The Morgan fingerprint density at radius 2 is 2.14 bits per heavy atom. The van der Waals surface area contributed by atoms with Gasteiger partial charge in [0.15, 0.2) is 0 Å². The molecular weight excluding hydrogens is 268 g/mol. The van der Waals surface area contributed by atoms with Gasteiger partial charge in [0, 0.05) is 25.2 Å². The molecule has 3 N–H and O–H groups in total. The zero-order valence-corrected chi connectivity index (χ0v) is 12.9. The van der Waals surface area contributed by atoms with Crippen molar-refractivity contribution < 1.29 is 14.6 Å². The molecule has 1 aromatic rings. The van der Waals surface area contributed by atoms with Crippen LogP contribution in [0.15, 0.2) is 24.3 Å². The molecule has 0 aliphatic heterocycles. The molecule has 0 saturated carbocycles. The average Bonchev–Trinajstić information content (AvgIpc) is 2.52. The van der Waals surface area contributed by atoms with E-state index >= 15 is 0 Å². The Labute approximate surface area is 126 Å². The molecule has 0 spiro atoms. The normalized spacial score (nSPS) is 12.0. The van der Waals surface area contributed by atoms with E-state index in [-0.39, 0.29) is 18.4 Å². The maximum atomic E-state index is 12.6. The summed E-state index contributed by atoms with van der Waals surface area (Å²) in [6.07, 6.45) is 1.68. The molecule has 0 fully saturated rings. The molecule has 0 radical (unpaired) electrons. The number of rotatable bonds is 9. The lowest BCUT2D eigenvalue weighted by atomic mass is 10.0. The van der Waals surface area contributed by atoms with Crippen LogP contribution in [0.25, 0.3) is 0 Å². The van der Waals surface area contributed by atoms with Crippen molar-refractivity contribution in [2.75, 3.05) is 26.8 Å². The Morgan fingerprint density at radius 3 is 2.71 bits per heavy atom. The Balaban J connectivity index is 2.88. The summed E-state index contributed by atoms with van der Waals surface area (Å²) in [4.78, 5) is 14.2. The van der Waals surface area contributed by atoms with Crippen molar-refractivity contribution in [2.45, 2.75) is 26.3 Å². The third kappa shape index (κ3) is 5.02. The number of nitrogens with two attached hydrogens (primary N) is 1. The van der Waals surface area contributed by atoms with E-state index < -0.39 is 0 Å². The number of hydrogen-bond acceptors (Lipinski definition) is 4. The lowest BCUT2D eigenvalue weighted by Gasteiger charge is -2.27. The van der Waals surface area contributed by atoms with E-state index in [9.17, 15) is 9.90 Å². The van der Waals surface area contributed by atoms with Gasteiger partial charge in [-0.15, -0.1) is 0 Å². The highest BCUT2D eigenvalue weighted by Gasteiger charge is 2.23. The fourth-order valence-electron chi connectivity index (χ4n) is 2.38. The number of methoxy groups -OCH3 is 1. The summed E-state index contributed by atoms with van der Waals surface area (Å²) in [5.74, 6) is 0.559. The Hall–Kier alpha value is -1.59. The third-order valence-corrected chi connectivity index (χ3v) is 3.51. The minimum atomic E-state index is -0.184. The van der Waals surface area contributed by atoms with Crippen LogP contribution in [-0.4, -0.2) is 42.7 Å². The number of para-hydroxylation sites is 1. The lowest BCUT2D eigenvalue weighted by Crippen LogP contribution is -2.40. The van der Waals surface area contributed by atoms with E-state index in [2.05, 4.69) is 0 Å². The fraction of sp³-hybridized carbons (Fsp3) is 0.562. The number of carbonyl (C=O) groups is 1. The van der Waals surface area contributed by atoms with Crippen molar-refractivity contribution in [1.29, 1.82) is 0 Å². The van der Waals surface area contributed by atoms with Gasteiger partial charge in [0.2, 0.25) is 5.91 Å². The molecule has 1 aromatic carbocycles. The number of hydrogen-bond donors (Lipinski definition) is 2. The predicted octanol–water partition coefficient (Wildman–Crippen LogP) is 1.39. The van der Waals surface area contributed by atoms with E-state index in [1.807, 2.05) is 31.2 Å². The second kappa shape index (κ2) is 9.37. The summed E-state index contributed by atoms with van der Waals surface area (Å²) >= 11 is 0. The molecule has 1 atom stereocenters. The first-order valence-electron chi connectivity index (χ1n) is 7.39. The molecule has 0 heterocycles. The van der Waals surface area contributed by atoms with Gasteiger partial charge in [-0.2, -0.15) is 0 Å². The van der Waals surface area contributed by atoms with E-state index in [4.69, 9.17) is 10.5 Å². The van der Waals surface area contributed by atoms with Gasteiger partial charge in [-0.1, -0.05) is 31.5 Å². The third-order valence-electron chi connectivity index (χ3n) is 3.51. The van der Waals surface area contributed by atoms with Gasteiger partial charge < -0.3 is 20.5 Å². The molecule has 0 aliphatic rings. The van der Waals surface area contributed by atoms with Crippen molar-refractivity contribution in [3.05, 3.63) is 29.8 Å². The monoisotopic (exact) mass is 294 g/mol. The molecule has 5 nitrogen and oxygen atoms in total.